The molecule has 0 rings (SSSR count). The molecule has 0 aromatic heterocycles. The Kier molecular flexibility index (Phi) is 6.07. The zero-order valence-electron chi connectivity index (χ0n) is 12.3. The maximum atomic E-state index is 12.3. The number of likely N-dealkylation sites (N-methyl/N-ethyl adjacent to an activating group) is 1. The van der Waals surface area contributed by atoms with Gasteiger partial charge in [0, 0.05) is 13.1 Å². The third kappa shape index (κ3) is 4.50. The number of hydrogen-bond donors (Lipinski definition) is 1. The van der Waals surface area contributed by atoms with E-state index in [1.54, 1.807) is 18.0 Å². The van der Waals surface area contributed by atoms with Crippen LogP contribution in [0.5, 0.6) is 0 Å². The lowest BCUT2D eigenvalue weighted by atomic mass is 9.86. The minimum Gasteiger partial charge on any atom is -0.338 e. The summed E-state index contributed by atoms with van der Waals surface area (Å²) in [5.74, 6) is 0.138. The van der Waals surface area contributed by atoms with Gasteiger partial charge in [0.25, 0.3) is 0 Å². The molecule has 18 heavy (non-hydrogen) atoms. The predicted molar refractivity (Wildman–Crippen MR) is 73.6 cm³/mol. The van der Waals surface area contributed by atoms with Gasteiger partial charge in [-0.2, -0.15) is 5.26 Å². The highest BCUT2D eigenvalue weighted by Crippen LogP contribution is 2.21. The van der Waals surface area contributed by atoms with Gasteiger partial charge in [-0.1, -0.05) is 40.7 Å². The van der Waals surface area contributed by atoms with Crippen LogP contribution < -0.4 is 5.73 Å². The van der Waals surface area contributed by atoms with Crippen molar-refractivity contribution in [2.75, 3.05) is 7.05 Å². The first kappa shape index (κ1) is 16.7. The number of hydrogen-bond acceptors (Lipinski definition) is 3. The molecule has 2 atom stereocenters. The van der Waals surface area contributed by atoms with E-state index < -0.39 is 6.04 Å². The molecule has 0 unspecified atom stereocenters. The molecule has 0 aromatic rings. The highest BCUT2D eigenvalue weighted by atomic mass is 16.2. The fourth-order valence-corrected chi connectivity index (χ4v) is 1.68. The molecule has 0 aromatic carbocycles. The number of carbonyl (C=O) groups excluding carboxylic acids is 1. The van der Waals surface area contributed by atoms with Crippen molar-refractivity contribution in [3.05, 3.63) is 12.2 Å². The molecule has 0 aliphatic rings. The summed E-state index contributed by atoms with van der Waals surface area (Å²) in [6.45, 7) is 9.86. The lowest BCUT2D eigenvalue weighted by Crippen LogP contribution is -2.52. The van der Waals surface area contributed by atoms with Gasteiger partial charge in [-0.3, -0.25) is 4.79 Å². The van der Waals surface area contributed by atoms with Crippen LogP contribution in [0, 0.1) is 22.7 Å². The van der Waals surface area contributed by atoms with E-state index in [0.29, 0.717) is 0 Å². The van der Waals surface area contributed by atoms with Crippen LogP contribution >= 0.6 is 0 Å². The molecule has 0 aliphatic heterocycles. The Morgan fingerprint density at radius 1 is 1.39 bits per heavy atom. The summed E-state index contributed by atoms with van der Waals surface area (Å²) in [4.78, 5) is 13.9. The Labute approximate surface area is 110 Å². The minimum absolute atomic E-state index is 0.0937. The average Bonchev–Trinajstić information content (AvgIpc) is 2.25. The normalized spacial score (nSPS) is 15.5. The Hall–Kier alpha value is -1.34. The molecule has 0 fully saturated rings. The van der Waals surface area contributed by atoms with E-state index in [1.165, 1.54) is 6.08 Å². The summed E-state index contributed by atoms with van der Waals surface area (Å²) in [5.41, 5.74) is 5.71. The van der Waals surface area contributed by atoms with Gasteiger partial charge in [-0.15, -0.1) is 0 Å². The van der Waals surface area contributed by atoms with Gasteiger partial charge in [-0.05, 0) is 11.3 Å². The standard InChI is InChI=1S/C14H25N3O/c1-10(2)11(8-7-9-15)17(6)13(18)12(16)14(3,4)5/h7-8,10-12H,16H2,1-6H3/b8-7+/t11-,12-/m1/s1. The number of carbonyl (C=O) groups is 1. The summed E-state index contributed by atoms with van der Waals surface area (Å²) >= 11 is 0. The van der Waals surface area contributed by atoms with Crippen molar-refractivity contribution in [1.82, 2.24) is 4.90 Å². The first-order chi connectivity index (χ1) is 8.12. The molecule has 0 spiro atoms. The highest BCUT2D eigenvalue weighted by molar-refractivity contribution is 5.82. The van der Waals surface area contributed by atoms with Gasteiger partial charge >= 0.3 is 0 Å². The SMILES string of the molecule is CC(C)[C@@H](/C=C/C#N)N(C)C(=O)[C@@H](N)C(C)(C)C. The van der Waals surface area contributed by atoms with Crippen molar-refractivity contribution in [3.8, 4) is 6.07 Å². The van der Waals surface area contributed by atoms with Crippen molar-refractivity contribution < 1.29 is 4.79 Å². The van der Waals surface area contributed by atoms with Crippen molar-refractivity contribution >= 4 is 5.91 Å². The molecule has 0 saturated heterocycles. The molecule has 0 heterocycles. The summed E-state index contributed by atoms with van der Waals surface area (Å²) in [5, 5.41) is 8.59. The molecule has 0 aliphatic carbocycles. The summed E-state index contributed by atoms with van der Waals surface area (Å²) in [6.07, 6.45) is 3.16. The number of nitrogens with zero attached hydrogens (tertiary/aromatic N) is 2. The lowest BCUT2D eigenvalue weighted by Gasteiger charge is -2.35. The van der Waals surface area contributed by atoms with E-state index >= 15 is 0 Å². The molecular formula is C14H25N3O. The number of amides is 1. The van der Waals surface area contributed by atoms with Gasteiger partial charge in [0.2, 0.25) is 5.91 Å². The van der Waals surface area contributed by atoms with E-state index in [4.69, 9.17) is 11.0 Å². The number of rotatable bonds is 4. The highest BCUT2D eigenvalue weighted by Gasteiger charge is 2.32. The lowest BCUT2D eigenvalue weighted by molar-refractivity contribution is -0.135. The van der Waals surface area contributed by atoms with E-state index in [0.717, 1.165) is 0 Å². The topological polar surface area (TPSA) is 70.1 Å². The van der Waals surface area contributed by atoms with Crippen LogP contribution in [0.2, 0.25) is 0 Å². The largest absolute Gasteiger partial charge is 0.338 e. The molecular weight excluding hydrogens is 226 g/mol. The van der Waals surface area contributed by atoms with Crippen molar-refractivity contribution in [2.24, 2.45) is 17.1 Å². The molecule has 102 valence electrons. The predicted octanol–water partition coefficient (Wildman–Crippen LogP) is 1.92. The Morgan fingerprint density at radius 2 is 1.89 bits per heavy atom. The minimum atomic E-state index is -0.542. The van der Waals surface area contributed by atoms with Gasteiger partial charge in [0.05, 0.1) is 18.2 Å². The van der Waals surface area contributed by atoms with Crippen LogP contribution in [-0.4, -0.2) is 29.9 Å². The molecule has 4 heteroatoms. The molecule has 4 nitrogen and oxygen atoms in total. The monoisotopic (exact) mass is 251 g/mol. The number of nitriles is 1. The van der Waals surface area contributed by atoms with Crippen LogP contribution in [0.3, 0.4) is 0 Å². The Bertz CT molecular complexity index is 347. The van der Waals surface area contributed by atoms with E-state index in [1.807, 2.05) is 40.7 Å². The van der Waals surface area contributed by atoms with Crippen LogP contribution in [-0.2, 0) is 4.79 Å². The Morgan fingerprint density at radius 3 is 2.22 bits per heavy atom. The second-order valence-electron chi connectivity index (χ2n) is 6.02. The Balaban J connectivity index is 5.00. The van der Waals surface area contributed by atoms with Gasteiger partial charge < -0.3 is 10.6 Å². The van der Waals surface area contributed by atoms with Crippen LogP contribution in [0.25, 0.3) is 0 Å². The van der Waals surface area contributed by atoms with Gasteiger partial charge in [0.1, 0.15) is 0 Å². The second kappa shape index (κ2) is 6.55. The fraction of sp³-hybridized carbons (Fsp3) is 0.714. The van der Waals surface area contributed by atoms with Crippen molar-refractivity contribution in [2.45, 2.75) is 46.7 Å². The zero-order chi connectivity index (χ0) is 14.5. The number of nitrogens with two attached hydrogens (primary N) is 1. The zero-order valence-corrected chi connectivity index (χ0v) is 12.3. The summed E-state index contributed by atoms with van der Waals surface area (Å²) in [6, 6.07) is 1.31. The molecule has 2 N–H and O–H groups in total. The van der Waals surface area contributed by atoms with Gasteiger partial charge in [0.15, 0.2) is 0 Å². The fourth-order valence-electron chi connectivity index (χ4n) is 1.68. The summed E-state index contributed by atoms with van der Waals surface area (Å²) < 4.78 is 0. The first-order valence-corrected chi connectivity index (χ1v) is 6.21. The van der Waals surface area contributed by atoms with Crippen LogP contribution in [0.1, 0.15) is 34.6 Å². The van der Waals surface area contributed by atoms with Gasteiger partial charge in [-0.25, -0.2) is 0 Å². The maximum absolute atomic E-state index is 12.3. The van der Waals surface area contributed by atoms with E-state index in [2.05, 4.69) is 0 Å². The maximum Gasteiger partial charge on any atom is 0.240 e. The van der Waals surface area contributed by atoms with Crippen molar-refractivity contribution in [1.29, 1.82) is 5.26 Å². The van der Waals surface area contributed by atoms with Crippen molar-refractivity contribution in [3.63, 3.8) is 0 Å². The molecule has 0 saturated carbocycles. The third-order valence-electron chi connectivity index (χ3n) is 3.04. The summed E-state index contributed by atoms with van der Waals surface area (Å²) in [7, 11) is 1.74. The second-order valence-corrected chi connectivity index (χ2v) is 6.02. The smallest absolute Gasteiger partial charge is 0.240 e. The van der Waals surface area contributed by atoms with E-state index in [9.17, 15) is 4.79 Å². The molecule has 1 amide bonds. The number of allylic oxidation sites excluding steroid dienone is 1. The van der Waals surface area contributed by atoms with Crippen LogP contribution in [0.15, 0.2) is 12.2 Å². The average molecular weight is 251 g/mol. The molecule has 0 radical (unpaired) electrons. The van der Waals surface area contributed by atoms with Crippen LogP contribution in [0.4, 0.5) is 0 Å². The van der Waals surface area contributed by atoms with E-state index in [-0.39, 0.29) is 23.3 Å². The third-order valence-corrected chi connectivity index (χ3v) is 3.04. The quantitative estimate of drug-likeness (QED) is 0.776. The first-order valence-electron chi connectivity index (χ1n) is 6.21. The molecule has 0 bridgehead atoms.